The van der Waals surface area contributed by atoms with Gasteiger partial charge in [-0.2, -0.15) is 5.10 Å². The number of nitrogen functional groups attached to an aromatic ring is 1. The van der Waals surface area contributed by atoms with E-state index in [1.165, 1.54) is 22.9 Å². The van der Waals surface area contributed by atoms with Crippen molar-refractivity contribution in [2.45, 2.75) is 19.9 Å². The topological polar surface area (TPSA) is 135 Å². The summed E-state index contributed by atoms with van der Waals surface area (Å²) in [6.45, 7) is 4.56. The van der Waals surface area contributed by atoms with Gasteiger partial charge in [0, 0.05) is 18.0 Å². The summed E-state index contributed by atoms with van der Waals surface area (Å²) in [6.07, 6.45) is 4.69. The summed E-state index contributed by atoms with van der Waals surface area (Å²) in [7, 11) is 0. The van der Waals surface area contributed by atoms with Crippen LogP contribution in [-0.2, 0) is 0 Å². The predicted octanol–water partition coefficient (Wildman–Crippen LogP) is 3.97. The Kier molecular flexibility index (Phi) is 5.63. The zero-order valence-electron chi connectivity index (χ0n) is 22.1. The van der Waals surface area contributed by atoms with E-state index in [9.17, 15) is 9.18 Å². The Labute approximate surface area is 232 Å². The molecule has 11 nitrogen and oxygen atoms in total. The molecule has 0 saturated heterocycles. The second-order valence-electron chi connectivity index (χ2n) is 9.77. The number of anilines is 1. The van der Waals surface area contributed by atoms with Crippen molar-refractivity contribution >= 4 is 22.5 Å². The number of rotatable bonds is 4. The maximum Gasteiger partial charge on any atom is 0.266 e. The van der Waals surface area contributed by atoms with Crippen LogP contribution in [0.15, 0.2) is 66.0 Å². The highest BCUT2D eigenvalue weighted by atomic mass is 19.1. The van der Waals surface area contributed by atoms with E-state index in [4.69, 9.17) is 25.3 Å². The highest BCUT2D eigenvalue weighted by Crippen LogP contribution is 2.37. The fourth-order valence-electron chi connectivity index (χ4n) is 5.13. The van der Waals surface area contributed by atoms with E-state index in [2.05, 4.69) is 15.0 Å². The number of aryl methyl sites for hydroxylation is 1. The molecule has 0 bridgehead atoms. The summed E-state index contributed by atoms with van der Waals surface area (Å²) in [5.41, 5.74) is 9.96. The molecule has 0 aliphatic carbocycles. The maximum absolute atomic E-state index is 14.4. The number of hydrogen-bond acceptors (Lipinski definition) is 9. The third-order valence-corrected chi connectivity index (χ3v) is 7.06. The number of fused-ring (bicyclic) bond motifs is 3. The molecular weight excluding hydrogens is 527 g/mol. The minimum Gasteiger partial charge on any atom is -0.484 e. The summed E-state index contributed by atoms with van der Waals surface area (Å²) >= 11 is 0. The van der Waals surface area contributed by atoms with Crippen LogP contribution < -0.4 is 20.8 Å². The molecule has 6 aromatic rings. The molecule has 1 aromatic carbocycles. The van der Waals surface area contributed by atoms with Gasteiger partial charge in [0.15, 0.2) is 11.4 Å². The first-order valence-electron chi connectivity index (χ1n) is 12.9. The van der Waals surface area contributed by atoms with Gasteiger partial charge in [0.2, 0.25) is 0 Å². The van der Waals surface area contributed by atoms with Crippen molar-refractivity contribution in [3.8, 4) is 34.0 Å². The van der Waals surface area contributed by atoms with Crippen LogP contribution in [-0.4, -0.2) is 47.3 Å². The Morgan fingerprint density at radius 1 is 1.05 bits per heavy atom. The van der Waals surface area contributed by atoms with E-state index < -0.39 is 11.9 Å². The summed E-state index contributed by atoms with van der Waals surface area (Å²) in [5, 5.41) is 5.41. The smallest absolute Gasteiger partial charge is 0.266 e. The van der Waals surface area contributed by atoms with Gasteiger partial charge in [-0.15, -0.1) is 0 Å². The van der Waals surface area contributed by atoms with Crippen molar-refractivity contribution in [3.63, 3.8) is 0 Å². The number of ether oxygens (including phenoxy) is 2. The zero-order valence-corrected chi connectivity index (χ0v) is 22.1. The fraction of sp³-hybridized carbons (Fsp3) is 0.172. The summed E-state index contributed by atoms with van der Waals surface area (Å²) in [5.74, 6) is 0.656. The minimum absolute atomic E-state index is 0.228. The molecule has 0 fully saturated rings. The highest BCUT2D eigenvalue weighted by Gasteiger charge is 2.27. The number of nitrogens with two attached hydrogens (primary N) is 1. The normalized spacial score (nSPS) is 13.5. The van der Waals surface area contributed by atoms with Gasteiger partial charge in [-0.1, -0.05) is 18.2 Å². The first-order chi connectivity index (χ1) is 19.9. The molecule has 6 heterocycles. The van der Waals surface area contributed by atoms with Crippen LogP contribution in [0.1, 0.15) is 24.2 Å². The van der Waals surface area contributed by atoms with Gasteiger partial charge in [-0.05, 0) is 49.2 Å². The summed E-state index contributed by atoms with van der Waals surface area (Å²) < 4.78 is 28.8. The quantitative estimate of drug-likeness (QED) is 0.346. The van der Waals surface area contributed by atoms with Crippen LogP contribution in [0.25, 0.3) is 39.1 Å². The molecule has 5 aromatic heterocycles. The molecular formula is C29H23FN8O3. The van der Waals surface area contributed by atoms with E-state index in [-0.39, 0.29) is 16.9 Å². The number of halogens is 1. The van der Waals surface area contributed by atoms with Gasteiger partial charge in [0.1, 0.15) is 42.5 Å². The van der Waals surface area contributed by atoms with E-state index in [0.29, 0.717) is 64.0 Å². The largest absolute Gasteiger partial charge is 0.484 e. The lowest BCUT2D eigenvalue weighted by molar-refractivity contribution is 0.164. The Morgan fingerprint density at radius 2 is 1.90 bits per heavy atom. The Morgan fingerprint density at radius 3 is 2.76 bits per heavy atom. The molecule has 1 aliphatic heterocycles. The van der Waals surface area contributed by atoms with Crippen LogP contribution in [0.3, 0.4) is 0 Å². The molecule has 1 aliphatic rings. The predicted molar refractivity (Wildman–Crippen MR) is 149 cm³/mol. The molecule has 41 heavy (non-hydrogen) atoms. The second kappa shape index (κ2) is 9.37. The Bertz CT molecular complexity index is 2050. The molecule has 0 saturated carbocycles. The van der Waals surface area contributed by atoms with Gasteiger partial charge < -0.3 is 15.2 Å². The van der Waals surface area contributed by atoms with Crippen molar-refractivity contribution in [2.24, 2.45) is 0 Å². The molecule has 0 spiro atoms. The first-order valence-corrected chi connectivity index (χ1v) is 12.9. The van der Waals surface area contributed by atoms with Crippen molar-refractivity contribution in [1.29, 1.82) is 0 Å². The Balaban J connectivity index is 1.48. The lowest BCUT2D eigenvalue weighted by Gasteiger charge is -2.18. The molecule has 0 radical (unpaired) electrons. The number of hydrogen-bond donors (Lipinski definition) is 1. The molecule has 12 heteroatoms. The average Bonchev–Trinajstić information content (AvgIpc) is 3.38. The van der Waals surface area contributed by atoms with Crippen molar-refractivity contribution in [2.75, 3.05) is 18.9 Å². The van der Waals surface area contributed by atoms with Crippen LogP contribution >= 0.6 is 0 Å². The average molecular weight is 551 g/mol. The van der Waals surface area contributed by atoms with E-state index in [0.717, 1.165) is 5.56 Å². The fourth-order valence-corrected chi connectivity index (χ4v) is 5.13. The number of aromatic nitrogens is 7. The minimum atomic E-state index is -0.622. The lowest BCUT2D eigenvalue weighted by atomic mass is 10.0. The van der Waals surface area contributed by atoms with Gasteiger partial charge >= 0.3 is 0 Å². The van der Waals surface area contributed by atoms with E-state index in [1.54, 1.807) is 41.3 Å². The molecule has 204 valence electrons. The highest BCUT2D eigenvalue weighted by molar-refractivity contribution is 5.98. The summed E-state index contributed by atoms with van der Waals surface area (Å²) in [6, 6.07) is 10.7. The van der Waals surface area contributed by atoms with Gasteiger partial charge in [0.05, 0.1) is 22.7 Å². The summed E-state index contributed by atoms with van der Waals surface area (Å²) in [4.78, 5) is 31.9. The molecule has 0 unspecified atom stereocenters. The number of pyridine rings is 2. The third kappa shape index (κ3) is 4.03. The van der Waals surface area contributed by atoms with Crippen LogP contribution in [0.4, 0.5) is 10.2 Å². The Hall–Kier alpha value is -5.39. The van der Waals surface area contributed by atoms with Crippen molar-refractivity contribution < 1.29 is 13.9 Å². The SMILES string of the molecule is Cc1ccc2nc([C@@H](C)n3nc(-c4cnc5c(c4)OCCO5)c4c(N)ncnc43)c(-c3cccc(F)c3)c(=O)n2c1. The van der Waals surface area contributed by atoms with Crippen LogP contribution in [0, 0.1) is 12.7 Å². The van der Waals surface area contributed by atoms with Gasteiger partial charge in [-0.3, -0.25) is 9.20 Å². The van der Waals surface area contributed by atoms with E-state index >= 15 is 0 Å². The lowest BCUT2D eigenvalue weighted by Crippen LogP contribution is -2.23. The first kappa shape index (κ1) is 24.6. The molecule has 0 amide bonds. The van der Waals surface area contributed by atoms with Crippen LogP contribution in [0.5, 0.6) is 11.6 Å². The van der Waals surface area contributed by atoms with Gasteiger partial charge in [-0.25, -0.2) is 29.0 Å². The molecule has 7 rings (SSSR count). The zero-order chi connectivity index (χ0) is 28.2. The molecule has 2 N–H and O–H groups in total. The number of nitrogens with zero attached hydrogens (tertiary/aromatic N) is 7. The van der Waals surface area contributed by atoms with Crippen molar-refractivity contribution in [3.05, 3.63) is 88.6 Å². The third-order valence-electron chi connectivity index (χ3n) is 7.06. The van der Waals surface area contributed by atoms with Gasteiger partial charge in [0.25, 0.3) is 11.4 Å². The number of benzene rings is 1. The molecule has 1 atom stereocenters. The van der Waals surface area contributed by atoms with E-state index in [1.807, 2.05) is 19.9 Å². The standard InChI is InChI=1S/C29H23FN8O3/c1-15-6-7-21-35-24(22(29(39)37(21)13-15)17-4-3-5-19(30)10-17)16(2)38-27-23(26(31)33-14-34-27)25(36-38)18-11-20-28(32-12-18)41-9-8-40-20/h3-7,10-14,16H,8-9H2,1-2H3,(H2,31,33,34)/t16-/m1/s1. The monoisotopic (exact) mass is 550 g/mol. The van der Waals surface area contributed by atoms with Crippen LogP contribution in [0.2, 0.25) is 0 Å². The van der Waals surface area contributed by atoms with Crippen molar-refractivity contribution in [1.82, 2.24) is 34.1 Å². The maximum atomic E-state index is 14.4. The second-order valence-corrected chi connectivity index (χ2v) is 9.77.